The molecular formula is C27H38FN3O4S. The molecule has 2 rings (SSSR count). The number of carbonyl (C=O) groups excluding carboxylic acids is 2. The molecule has 2 atom stereocenters. The van der Waals surface area contributed by atoms with E-state index in [0.29, 0.717) is 12.1 Å². The zero-order chi connectivity index (χ0) is 26.9. The maximum absolute atomic E-state index is 13.4. The summed E-state index contributed by atoms with van der Waals surface area (Å²) in [7, 11) is -3.63. The lowest BCUT2D eigenvalue weighted by molar-refractivity contribution is -0.141. The van der Waals surface area contributed by atoms with E-state index in [9.17, 15) is 22.4 Å². The number of rotatable bonds is 13. The zero-order valence-corrected chi connectivity index (χ0v) is 22.6. The lowest BCUT2D eigenvalue weighted by Crippen LogP contribution is -2.50. The number of hydrogen-bond acceptors (Lipinski definition) is 4. The molecule has 2 amide bonds. The largest absolute Gasteiger partial charge is 0.352 e. The second-order valence-corrected chi connectivity index (χ2v) is 11.1. The third-order valence-electron chi connectivity index (χ3n) is 6.13. The average Bonchev–Trinajstić information content (AvgIpc) is 2.82. The summed E-state index contributed by atoms with van der Waals surface area (Å²) in [6.07, 6.45) is 2.61. The topological polar surface area (TPSA) is 86.8 Å². The number of nitrogens with one attached hydrogen (secondary N) is 1. The van der Waals surface area contributed by atoms with E-state index in [-0.39, 0.29) is 43.8 Å². The standard InChI is InChI=1S/C27H38FN3O4S/c1-6-21(4)29-27(33)25(7-2)30(19-22-12-10-20(3)11-13-22)26(32)9-8-18-31(36(5,34)35)24-16-14-23(28)15-17-24/h10-17,21,25H,6-9,18-19H2,1-5H3,(H,29,33)/t21-,25-/m1/s1. The summed E-state index contributed by atoms with van der Waals surface area (Å²) in [6.45, 7) is 8.09. The summed E-state index contributed by atoms with van der Waals surface area (Å²) in [5.41, 5.74) is 2.34. The number of hydrogen-bond donors (Lipinski definition) is 1. The third-order valence-corrected chi connectivity index (χ3v) is 7.32. The SMILES string of the molecule is CC[C@@H](C)NC(=O)[C@@H](CC)N(Cc1ccc(C)cc1)C(=O)CCCN(c1ccc(F)cc1)S(C)(=O)=O. The molecule has 0 saturated heterocycles. The Labute approximate surface area is 214 Å². The summed E-state index contributed by atoms with van der Waals surface area (Å²) >= 11 is 0. The number of anilines is 1. The van der Waals surface area contributed by atoms with Gasteiger partial charge in [0.05, 0.1) is 11.9 Å². The number of sulfonamides is 1. The van der Waals surface area contributed by atoms with Gasteiger partial charge in [-0.1, -0.05) is 43.7 Å². The molecule has 2 aromatic rings. The highest BCUT2D eigenvalue weighted by Gasteiger charge is 2.29. The maximum Gasteiger partial charge on any atom is 0.243 e. The van der Waals surface area contributed by atoms with Crippen LogP contribution in [-0.4, -0.2) is 50.0 Å². The molecule has 1 N–H and O–H groups in total. The minimum Gasteiger partial charge on any atom is -0.352 e. The third kappa shape index (κ3) is 8.62. The van der Waals surface area contributed by atoms with Crippen LogP contribution in [0.2, 0.25) is 0 Å². The van der Waals surface area contributed by atoms with Crippen molar-refractivity contribution < 1.29 is 22.4 Å². The average molecular weight is 520 g/mol. The zero-order valence-electron chi connectivity index (χ0n) is 21.8. The second-order valence-electron chi connectivity index (χ2n) is 9.16. The number of aryl methyl sites for hydroxylation is 1. The molecule has 36 heavy (non-hydrogen) atoms. The minimum atomic E-state index is -3.63. The van der Waals surface area contributed by atoms with Gasteiger partial charge in [-0.2, -0.15) is 0 Å². The Morgan fingerprint density at radius 3 is 2.14 bits per heavy atom. The van der Waals surface area contributed by atoms with Gasteiger partial charge in [0, 0.05) is 25.6 Å². The van der Waals surface area contributed by atoms with Gasteiger partial charge in [-0.05, 0) is 62.9 Å². The molecule has 9 heteroatoms. The number of benzene rings is 2. The Balaban J connectivity index is 2.21. The number of amides is 2. The molecule has 0 unspecified atom stereocenters. The van der Waals surface area contributed by atoms with E-state index in [1.165, 1.54) is 24.3 Å². The molecule has 2 aromatic carbocycles. The van der Waals surface area contributed by atoms with Gasteiger partial charge in [0.1, 0.15) is 11.9 Å². The molecule has 0 aromatic heterocycles. The Hall–Kier alpha value is -2.94. The fraction of sp³-hybridized carbons (Fsp3) is 0.481. The van der Waals surface area contributed by atoms with E-state index in [4.69, 9.17) is 0 Å². The Bertz CT molecular complexity index is 1100. The maximum atomic E-state index is 13.4. The van der Waals surface area contributed by atoms with Crippen LogP contribution >= 0.6 is 0 Å². The smallest absolute Gasteiger partial charge is 0.243 e. The van der Waals surface area contributed by atoms with E-state index in [1.54, 1.807) is 4.90 Å². The van der Waals surface area contributed by atoms with E-state index in [0.717, 1.165) is 28.1 Å². The van der Waals surface area contributed by atoms with Crippen molar-refractivity contribution >= 4 is 27.5 Å². The van der Waals surface area contributed by atoms with Crippen molar-refractivity contribution in [1.29, 1.82) is 0 Å². The van der Waals surface area contributed by atoms with E-state index in [1.807, 2.05) is 52.0 Å². The van der Waals surface area contributed by atoms with Crippen molar-refractivity contribution in [2.24, 2.45) is 0 Å². The van der Waals surface area contributed by atoms with Crippen molar-refractivity contribution in [3.05, 3.63) is 65.5 Å². The summed E-state index contributed by atoms with van der Waals surface area (Å²) in [5.74, 6) is -0.888. The van der Waals surface area contributed by atoms with E-state index in [2.05, 4.69) is 5.32 Å². The van der Waals surface area contributed by atoms with Gasteiger partial charge in [-0.3, -0.25) is 13.9 Å². The molecule has 0 radical (unpaired) electrons. The van der Waals surface area contributed by atoms with Crippen molar-refractivity contribution in [2.75, 3.05) is 17.1 Å². The number of nitrogens with zero attached hydrogens (tertiary/aromatic N) is 2. The fourth-order valence-electron chi connectivity index (χ4n) is 3.86. The molecule has 0 fully saturated rings. The van der Waals surface area contributed by atoms with Crippen LogP contribution in [0.1, 0.15) is 57.6 Å². The first-order chi connectivity index (χ1) is 17.0. The van der Waals surface area contributed by atoms with Gasteiger partial charge in [0.2, 0.25) is 21.8 Å². The van der Waals surface area contributed by atoms with Gasteiger partial charge in [-0.25, -0.2) is 12.8 Å². The lowest BCUT2D eigenvalue weighted by Gasteiger charge is -2.32. The molecule has 0 aliphatic carbocycles. The van der Waals surface area contributed by atoms with Gasteiger partial charge in [0.15, 0.2) is 0 Å². The van der Waals surface area contributed by atoms with Gasteiger partial charge in [0.25, 0.3) is 0 Å². The monoisotopic (exact) mass is 519 g/mol. The van der Waals surface area contributed by atoms with Crippen molar-refractivity contribution in [1.82, 2.24) is 10.2 Å². The molecule has 7 nitrogen and oxygen atoms in total. The molecule has 0 aliphatic rings. The predicted molar refractivity (Wildman–Crippen MR) is 142 cm³/mol. The van der Waals surface area contributed by atoms with Crippen LogP contribution < -0.4 is 9.62 Å². The second kappa shape index (κ2) is 13.4. The van der Waals surface area contributed by atoms with Gasteiger partial charge < -0.3 is 10.2 Å². The molecule has 198 valence electrons. The van der Waals surface area contributed by atoms with Gasteiger partial charge in [-0.15, -0.1) is 0 Å². The summed E-state index contributed by atoms with van der Waals surface area (Å²) < 4.78 is 39.2. The fourth-order valence-corrected chi connectivity index (χ4v) is 4.83. The first-order valence-electron chi connectivity index (χ1n) is 12.3. The highest BCUT2D eigenvalue weighted by Crippen LogP contribution is 2.20. The lowest BCUT2D eigenvalue weighted by atomic mass is 10.1. The Kier molecular flexibility index (Phi) is 10.9. The van der Waals surface area contributed by atoms with Crippen LogP contribution in [0.15, 0.2) is 48.5 Å². The molecule has 0 saturated carbocycles. The minimum absolute atomic E-state index is 0.0121. The van der Waals surface area contributed by atoms with Crippen LogP contribution in [0.3, 0.4) is 0 Å². The highest BCUT2D eigenvalue weighted by atomic mass is 32.2. The van der Waals surface area contributed by atoms with Crippen LogP contribution in [0.25, 0.3) is 0 Å². The summed E-state index contributed by atoms with van der Waals surface area (Å²) in [4.78, 5) is 28.0. The number of halogens is 1. The van der Waals surface area contributed by atoms with Crippen molar-refractivity contribution in [2.45, 2.75) is 72.0 Å². The van der Waals surface area contributed by atoms with Crippen LogP contribution in [-0.2, 0) is 26.2 Å². The van der Waals surface area contributed by atoms with Crippen LogP contribution in [0.4, 0.5) is 10.1 Å². The van der Waals surface area contributed by atoms with Gasteiger partial charge >= 0.3 is 0 Å². The number of carbonyl (C=O) groups is 2. The van der Waals surface area contributed by atoms with E-state index >= 15 is 0 Å². The van der Waals surface area contributed by atoms with Crippen LogP contribution in [0.5, 0.6) is 0 Å². The normalized spacial score (nSPS) is 13.1. The first kappa shape index (κ1) is 29.3. The van der Waals surface area contributed by atoms with E-state index < -0.39 is 21.9 Å². The molecule has 0 aliphatic heterocycles. The van der Waals surface area contributed by atoms with Crippen molar-refractivity contribution in [3.63, 3.8) is 0 Å². The highest BCUT2D eigenvalue weighted by molar-refractivity contribution is 7.92. The summed E-state index contributed by atoms with van der Waals surface area (Å²) in [6, 6.07) is 12.3. The molecule has 0 heterocycles. The van der Waals surface area contributed by atoms with Crippen LogP contribution in [0, 0.1) is 12.7 Å². The summed E-state index contributed by atoms with van der Waals surface area (Å²) in [5, 5.41) is 2.98. The molecule has 0 spiro atoms. The quantitative estimate of drug-likeness (QED) is 0.425. The first-order valence-corrected chi connectivity index (χ1v) is 14.2. The molecule has 0 bridgehead atoms. The Morgan fingerprint density at radius 2 is 1.61 bits per heavy atom. The molecular weight excluding hydrogens is 481 g/mol. The Morgan fingerprint density at radius 1 is 1.00 bits per heavy atom. The van der Waals surface area contributed by atoms with Crippen molar-refractivity contribution in [3.8, 4) is 0 Å². The predicted octanol–water partition coefficient (Wildman–Crippen LogP) is 4.40.